The summed E-state index contributed by atoms with van der Waals surface area (Å²) in [5, 5.41) is 0.885. The maximum atomic E-state index is 6.06. The Hall–Kier alpha value is 0.210. The minimum absolute atomic E-state index is 0.885. The molecule has 0 saturated heterocycles. The van der Waals surface area contributed by atoms with E-state index in [0.717, 1.165) is 10.8 Å². The van der Waals surface area contributed by atoms with E-state index in [9.17, 15) is 0 Å². The molecule has 0 aromatic heterocycles. The zero-order valence-corrected chi connectivity index (χ0v) is 9.52. The summed E-state index contributed by atoms with van der Waals surface area (Å²) in [6.07, 6.45) is 4.17. The highest BCUT2D eigenvalue weighted by Gasteiger charge is 2.04. The fourth-order valence-electron chi connectivity index (χ4n) is 1.01. The van der Waals surface area contributed by atoms with E-state index >= 15 is 0 Å². The van der Waals surface area contributed by atoms with Gasteiger partial charge in [-0.1, -0.05) is 17.7 Å². The molecule has 0 N–H and O–H groups in total. The summed E-state index contributed by atoms with van der Waals surface area (Å²) in [4.78, 5) is 1.29. The van der Waals surface area contributed by atoms with E-state index in [1.807, 2.05) is 12.1 Å². The van der Waals surface area contributed by atoms with Gasteiger partial charge in [0.15, 0.2) is 0 Å². The first-order chi connectivity index (χ1) is 5.79. The second-order valence-corrected chi connectivity index (χ2v) is 4.47. The van der Waals surface area contributed by atoms with Gasteiger partial charge in [-0.3, -0.25) is 0 Å². The Morgan fingerprint density at radius 3 is 2.67 bits per heavy atom. The molecule has 0 aliphatic rings. The fraction of sp³-hybridized carbons (Fsp3) is 0.333. The van der Waals surface area contributed by atoms with Crippen molar-refractivity contribution in [2.75, 3.05) is 12.5 Å². The Labute approximate surface area is 87.1 Å². The van der Waals surface area contributed by atoms with Gasteiger partial charge >= 0.3 is 0 Å². The van der Waals surface area contributed by atoms with Gasteiger partial charge in [-0.2, -0.15) is 11.8 Å². The molecule has 0 saturated carbocycles. The van der Waals surface area contributed by atoms with Crippen molar-refractivity contribution >= 4 is 35.1 Å². The quantitative estimate of drug-likeness (QED) is 0.706. The molecule has 0 atom stereocenters. The first-order valence-corrected chi connectivity index (χ1v) is 6.59. The summed E-state index contributed by atoms with van der Waals surface area (Å²) in [5.74, 6) is 0.996. The van der Waals surface area contributed by atoms with Crippen molar-refractivity contribution in [1.29, 1.82) is 0 Å². The normalized spacial score (nSPS) is 10.2. The second-order valence-electron chi connectivity index (χ2n) is 2.35. The topological polar surface area (TPSA) is 0 Å². The molecule has 0 radical (unpaired) electrons. The molecule has 1 aromatic rings. The van der Waals surface area contributed by atoms with Crippen LogP contribution in [-0.2, 0) is 5.75 Å². The van der Waals surface area contributed by atoms with Gasteiger partial charge in [0.1, 0.15) is 0 Å². The van der Waals surface area contributed by atoms with E-state index in [-0.39, 0.29) is 0 Å². The molecule has 0 bridgehead atoms. The molecule has 0 unspecified atom stereocenters. The molecule has 1 rings (SSSR count). The van der Waals surface area contributed by atoms with Crippen LogP contribution < -0.4 is 0 Å². The lowest BCUT2D eigenvalue weighted by Gasteiger charge is -2.07. The molecular formula is C9H11ClS2. The molecule has 0 fully saturated rings. The summed E-state index contributed by atoms with van der Waals surface area (Å²) in [6.45, 7) is 0. The Morgan fingerprint density at radius 2 is 2.08 bits per heavy atom. The fourth-order valence-corrected chi connectivity index (χ4v) is 2.73. The first kappa shape index (κ1) is 10.3. The van der Waals surface area contributed by atoms with E-state index in [1.54, 1.807) is 23.5 Å². The summed E-state index contributed by atoms with van der Waals surface area (Å²) in [6, 6.07) is 6.06. The molecule has 66 valence electrons. The first-order valence-electron chi connectivity index (χ1n) is 3.60. The maximum Gasteiger partial charge on any atom is 0.0457 e. The standard InChI is InChI=1S/C9H11ClS2/c1-11-6-7-8(10)4-3-5-9(7)12-2/h3-5H,6H2,1-2H3. The Bertz CT molecular complexity index is 261. The van der Waals surface area contributed by atoms with E-state index < -0.39 is 0 Å². The SMILES string of the molecule is CSCc1c(Cl)cccc1SC. The minimum Gasteiger partial charge on any atom is -0.161 e. The Kier molecular flexibility index (Phi) is 4.33. The highest BCUT2D eigenvalue weighted by molar-refractivity contribution is 7.99. The van der Waals surface area contributed by atoms with Crippen LogP contribution in [0.5, 0.6) is 0 Å². The lowest BCUT2D eigenvalue weighted by Crippen LogP contribution is -1.85. The third-order valence-corrected chi connectivity index (χ3v) is 3.34. The van der Waals surface area contributed by atoms with E-state index in [1.165, 1.54) is 10.5 Å². The molecule has 0 heterocycles. The number of hydrogen-bond donors (Lipinski definition) is 0. The predicted octanol–water partition coefficient (Wildman–Crippen LogP) is 3.92. The summed E-state index contributed by atoms with van der Waals surface area (Å²) >= 11 is 9.61. The van der Waals surface area contributed by atoms with Crippen LogP contribution in [0.2, 0.25) is 5.02 Å². The van der Waals surface area contributed by atoms with Crippen molar-refractivity contribution < 1.29 is 0 Å². The van der Waals surface area contributed by atoms with Crippen molar-refractivity contribution in [3.8, 4) is 0 Å². The number of benzene rings is 1. The summed E-state index contributed by atoms with van der Waals surface area (Å²) in [7, 11) is 0. The zero-order chi connectivity index (χ0) is 8.97. The van der Waals surface area contributed by atoms with Gasteiger partial charge in [0.25, 0.3) is 0 Å². The third-order valence-electron chi connectivity index (χ3n) is 1.58. The molecule has 0 nitrogen and oxygen atoms in total. The molecule has 3 heteroatoms. The van der Waals surface area contributed by atoms with Crippen LogP contribution in [0.1, 0.15) is 5.56 Å². The van der Waals surface area contributed by atoms with Gasteiger partial charge in [-0.15, -0.1) is 11.8 Å². The molecule has 0 aliphatic heterocycles. The molecule has 12 heavy (non-hydrogen) atoms. The van der Waals surface area contributed by atoms with Crippen LogP contribution in [0.15, 0.2) is 23.1 Å². The Morgan fingerprint density at radius 1 is 1.33 bits per heavy atom. The number of halogens is 1. The smallest absolute Gasteiger partial charge is 0.0457 e. The van der Waals surface area contributed by atoms with E-state index in [4.69, 9.17) is 11.6 Å². The second kappa shape index (κ2) is 5.05. The van der Waals surface area contributed by atoms with E-state index in [2.05, 4.69) is 18.6 Å². The zero-order valence-electron chi connectivity index (χ0n) is 7.13. The average molecular weight is 219 g/mol. The maximum absolute atomic E-state index is 6.06. The van der Waals surface area contributed by atoms with Crippen LogP contribution >= 0.6 is 35.1 Å². The summed E-state index contributed by atoms with van der Waals surface area (Å²) in [5.41, 5.74) is 1.26. The van der Waals surface area contributed by atoms with Crippen molar-refractivity contribution in [1.82, 2.24) is 0 Å². The van der Waals surface area contributed by atoms with Gasteiger partial charge in [0.2, 0.25) is 0 Å². The molecule has 0 aliphatic carbocycles. The summed E-state index contributed by atoms with van der Waals surface area (Å²) < 4.78 is 0. The number of hydrogen-bond acceptors (Lipinski definition) is 2. The monoisotopic (exact) mass is 218 g/mol. The van der Waals surface area contributed by atoms with Crippen molar-refractivity contribution in [3.63, 3.8) is 0 Å². The highest BCUT2D eigenvalue weighted by atomic mass is 35.5. The van der Waals surface area contributed by atoms with Crippen LogP contribution in [0.25, 0.3) is 0 Å². The van der Waals surface area contributed by atoms with Crippen LogP contribution in [0.3, 0.4) is 0 Å². The van der Waals surface area contributed by atoms with Crippen molar-refractivity contribution in [3.05, 3.63) is 28.8 Å². The third kappa shape index (κ3) is 2.35. The Balaban J connectivity index is 3.02. The lowest BCUT2D eigenvalue weighted by atomic mass is 10.2. The highest BCUT2D eigenvalue weighted by Crippen LogP contribution is 2.29. The number of thioether (sulfide) groups is 2. The lowest BCUT2D eigenvalue weighted by molar-refractivity contribution is 1.27. The molecule has 0 amide bonds. The van der Waals surface area contributed by atoms with Gasteiger partial charge in [0.05, 0.1) is 0 Å². The van der Waals surface area contributed by atoms with Crippen LogP contribution in [-0.4, -0.2) is 12.5 Å². The predicted molar refractivity (Wildman–Crippen MR) is 60.5 cm³/mol. The molecule has 1 aromatic carbocycles. The minimum atomic E-state index is 0.885. The van der Waals surface area contributed by atoms with Crippen molar-refractivity contribution in [2.45, 2.75) is 10.6 Å². The van der Waals surface area contributed by atoms with Crippen LogP contribution in [0, 0.1) is 0 Å². The van der Waals surface area contributed by atoms with Gasteiger partial charge in [0, 0.05) is 15.7 Å². The number of rotatable bonds is 3. The molecular weight excluding hydrogens is 208 g/mol. The van der Waals surface area contributed by atoms with Gasteiger partial charge in [-0.05, 0) is 30.2 Å². The van der Waals surface area contributed by atoms with Gasteiger partial charge in [-0.25, -0.2) is 0 Å². The largest absolute Gasteiger partial charge is 0.161 e. The van der Waals surface area contributed by atoms with Crippen LogP contribution in [0.4, 0.5) is 0 Å². The van der Waals surface area contributed by atoms with Gasteiger partial charge < -0.3 is 0 Å². The molecule has 0 spiro atoms. The average Bonchev–Trinajstić information content (AvgIpc) is 2.09. The van der Waals surface area contributed by atoms with Crippen molar-refractivity contribution in [2.24, 2.45) is 0 Å². The van der Waals surface area contributed by atoms with E-state index in [0.29, 0.717) is 0 Å².